The van der Waals surface area contributed by atoms with E-state index < -0.39 is 16.0 Å². The van der Waals surface area contributed by atoms with Gasteiger partial charge in [0.15, 0.2) is 0 Å². The number of carbonyl (C=O) groups is 1. The van der Waals surface area contributed by atoms with Gasteiger partial charge in [-0.2, -0.15) is 8.42 Å². The number of carbonyl (C=O) groups excluding carboxylic acids is 1. The van der Waals surface area contributed by atoms with Gasteiger partial charge in [0.1, 0.15) is 4.21 Å². The van der Waals surface area contributed by atoms with E-state index in [9.17, 15) is 13.2 Å². The number of benzene rings is 1. The lowest BCUT2D eigenvalue weighted by atomic mass is 10.2. The molecule has 0 aliphatic carbocycles. The SMILES string of the molecule is COCCn1c(=NS(=O)(=O)c2ccc(Cl)s2)sc2cc(C(=O)OC)ccc21. The first kappa shape index (κ1) is 20.0. The van der Waals surface area contributed by atoms with Crippen molar-refractivity contribution in [3.63, 3.8) is 0 Å². The molecular formula is C16H15ClN2O5S3. The molecule has 0 aliphatic heterocycles. The monoisotopic (exact) mass is 446 g/mol. The second-order valence-corrected chi connectivity index (χ2v) is 9.88. The number of ether oxygens (including phenoxy) is 2. The van der Waals surface area contributed by atoms with E-state index >= 15 is 0 Å². The second-order valence-electron chi connectivity index (χ2n) is 5.33. The second kappa shape index (κ2) is 8.11. The zero-order valence-corrected chi connectivity index (χ0v) is 17.5. The van der Waals surface area contributed by atoms with Crippen LogP contribution in [0.1, 0.15) is 10.4 Å². The van der Waals surface area contributed by atoms with Crippen LogP contribution in [0.4, 0.5) is 0 Å². The van der Waals surface area contributed by atoms with Gasteiger partial charge < -0.3 is 14.0 Å². The van der Waals surface area contributed by atoms with Gasteiger partial charge in [0.2, 0.25) is 4.80 Å². The Morgan fingerprint density at radius 3 is 2.63 bits per heavy atom. The lowest BCUT2D eigenvalue weighted by Crippen LogP contribution is -2.19. The number of thiazole rings is 1. The Hall–Kier alpha value is -1.72. The topological polar surface area (TPSA) is 87.0 Å². The zero-order valence-electron chi connectivity index (χ0n) is 14.3. The molecular weight excluding hydrogens is 432 g/mol. The van der Waals surface area contributed by atoms with Gasteiger partial charge >= 0.3 is 5.97 Å². The molecule has 0 saturated carbocycles. The van der Waals surface area contributed by atoms with Crippen LogP contribution in [-0.4, -0.2) is 39.8 Å². The van der Waals surface area contributed by atoms with Gasteiger partial charge in [0.25, 0.3) is 10.0 Å². The minimum Gasteiger partial charge on any atom is -0.465 e. The number of hydrogen-bond acceptors (Lipinski definition) is 7. The van der Waals surface area contributed by atoms with Gasteiger partial charge in [-0.3, -0.25) is 0 Å². The molecule has 0 saturated heterocycles. The minimum absolute atomic E-state index is 0.0681. The lowest BCUT2D eigenvalue weighted by molar-refractivity contribution is 0.0601. The van der Waals surface area contributed by atoms with Crippen LogP contribution in [0.5, 0.6) is 0 Å². The third-order valence-electron chi connectivity index (χ3n) is 3.62. The maximum Gasteiger partial charge on any atom is 0.337 e. The lowest BCUT2D eigenvalue weighted by Gasteiger charge is -2.05. The summed E-state index contributed by atoms with van der Waals surface area (Å²) in [5.74, 6) is -0.465. The van der Waals surface area contributed by atoms with E-state index in [1.807, 2.05) is 0 Å². The Balaban J connectivity index is 2.19. The van der Waals surface area contributed by atoms with E-state index in [-0.39, 0.29) is 9.01 Å². The standard InChI is InChI=1S/C16H15ClN2O5S3/c1-23-8-7-19-11-4-3-10(15(20)24-2)9-12(11)25-16(19)18-27(21,22)14-6-5-13(17)26-14/h3-6,9H,7-8H2,1-2H3. The Bertz CT molecular complexity index is 1160. The van der Waals surface area contributed by atoms with Crippen molar-refractivity contribution in [1.29, 1.82) is 0 Å². The van der Waals surface area contributed by atoms with Gasteiger partial charge in [-0.1, -0.05) is 22.9 Å². The maximum atomic E-state index is 12.6. The molecule has 2 aromatic heterocycles. The van der Waals surface area contributed by atoms with E-state index in [2.05, 4.69) is 4.40 Å². The van der Waals surface area contributed by atoms with Crippen LogP contribution in [0, 0.1) is 0 Å². The molecule has 0 N–H and O–H groups in total. The molecule has 144 valence electrons. The first-order valence-corrected chi connectivity index (χ1v) is 11.1. The fraction of sp³-hybridized carbons (Fsp3) is 0.250. The number of rotatable bonds is 6. The van der Waals surface area contributed by atoms with Crippen LogP contribution >= 0.6 is 34.3 Å². The number of fused-ring (bicyclic) bond motifs is 1. The molecule has 27 heavy (non-hydrogen) atoms. The van der Waals surface area contributed by atoms with Crippen molar-refractivity contribution < 1.29 is 22.7 Å². The van der Waals surface area contributed by atoms with Crippen LogP contribution < -0.4 is 4.80 Å². The average molecular weight is 447 g/mol. The number of methoxy groups -OCH3 is 2. The van der Waals surface area contributed by atoms with Gasteiger partial charge in [-0.05, 0) is 30.3 Å². The average Bonchev–Trinajstić information content (AvgIpc) is 3.22. The normalized spacial score (nSPS) is 12.6. The fourth-order valence-corrected chi connectivity index (χ4v) is 6.13. The number of thiophene rings is 1. The highest BCUT2D eigenvalue weighted by molar-refractivity contribution is 7.92. The summed E-state index contributed by atoms with van der Waals surface area (Å²) in [6.07, 6.45) is 0. The Labute approximate surface area is 168 Å². The highest BCUT2D eigenvalue weighted by atomic mass is 35.5. The number of nitrogens with zero attached hydrogens (tertiary/aromatic N) is 2. The summed E-state index contributed by atoms with van der Waals surface area (Å²) in [4.78, 5) is 12.0. The molecule has 0 atom stereocenters. The molecule has 0 unspecified atom stereocenters. The van der Waals surface area contributed by atoms with E-state index in [4.69, 9.17) is 21.1 Å². The van der Waals surface area contributed by atoms with Gasteiger partial charge in [-0.25, -0.2) is 4.79 Å². The number of sulfonamides is 1. The third-order valence-corrected chi connectivity index (χ3v) is 7.75. The molecule has 3 aromatic rings. The summed E-state index contributed by atoms with van der Waals surface area (Å²) < 4.78 is 42.0. The molecule has 7 nitrogen and oxygen atoms in total. The van der Waals surface area contributed by atoms with Crippen LogP contribution in [-0.2, 0) is 26.0 Å². The minimum atomic E-state index is -3.90. The molecule has 0 fully saturated rings. The van der Waals surface area contributed by atoms with Crippen LogP contribution in [0.3, 0.4) is 0 Å². The van der Waals surface area contributed by atoms with Crippen LogP contribution in [0.25, 0.3) is 10.2 Å². The van der Waals surface area contributed by atoms with E-state index in [0.29, 0.717) is 27.8 Å². The molecule has 0 amide bonds. The van der Waals surface area contributed by atoms with Crippen molar-refractivity contribution in [2.75, 3.05) is 20.8 Å². The van der Waals surface area contributed by atoms with Gasteiger partial charge in [0.05, 0.1) is 33.8 Å². The number of halogens is 1. The van der Waals surface area contributed by atoms with Crippen molar-refractivity contribution in [2.45, 2.75) is 10.8 Å². The smallest absolute Gasteiger partial charge is 0.337 e. The molecule has 0 bridgehead atoms. The molecule has 11 heteroatoms. The predicted octanol–water partition coefficient (Wildman–Crippen LogP) is 3.14. The van der Waals surface area contributed by atoms with Gasteiger partial charge in [0, 0.05) is 13.7 Å². The number of esters is 1. The first-order chi connectivity index (χ1) is 12.9. The summed E-state index contributed by atoms with van der Waals surface area (Å²) in [5.41, 5.74) is 1.13. The fourth-order valence-electron chi connectivity index (χ4n) is 2.37. The van der Waals surface area contributed by atoms with E-state index in [0.717, 1.165) is 16.9 Å². The zero-order chi connectivity index (χ0) is 19.6. The highest BCUT2D eigenvalue weighted by Crippen LogP contribution is 2.27. The Morgan fingerprint density at radius 1 is 1.22 bits per heavy atom. The molecule has 3 rings (SSSR count). The van der Waals surface area contributed by atoms with Gasteiger partial charge in [-0.15, -0.1) is 15.7 Å². The number of hydrogen-bond donors (Lipinski definition) is 0. The summed E-state index contributed by atoms with van der Waals surface area (Å²) in [6, 6.07) is 7.96. The van der Waals surface area contributed by atoms with E-state index in [1.165, 1.54) is 30.6 Å². The van der Waals surface area contributed by atoms with Crippen molar-refractivity contribution >= 4 is 60.5 Å². The summed E-state index contributed by atoms with van der Waals surface area (Å²) in [5, 5.41) is 0. The summed E-state index contributed by atoms with van der Waals surface area (Å²) >= 11 is 7.96. The van der Waals surface area contributed by atoms with Crippen molar-refractivity contribution in [1.82, 2.24) is 4.57 Å². The van der Waals surface area contributed by atoms with Crippen molar-refractivity contribution in [3.8, 4) is 0 Å². The summed E-state index contributed by atoms with van der Waals surface area (Å²) in [7, 11) is -1.04. The Morgan fingerprint density at radius 2 is 2.00 bits per heavy atom. The number of aromatic nitrogens is 1. The predicted molar refractivity (Wildman–Crippen MR) is 105 cm³/mol. The van der Waals surface area contributed by atoms with Crippen LogP contribution in [0.15, 0.2) is 38.9 Å². The van der Waals surface area contributed by atoms with Crippen LogP contribution in [0.2, 0.25) is 4.34 Å². The highest BCUT2D eigenvalue weighted by Gasteiger charge is 2.18. The molecule has 0 radical (unpaired) electrons. The van der Waals surface area contributed by atoms with E-state index in [1.54, 1.807) is 29.9 Å². The quantitative estimate of drug-likeness (QED) is 0.543. The summed E-state index contributed by atoms with van der Waals surface area (Å²) in [6.45, 7) is 0.788. The molecule has 1 aromatic carbocycles. The third kappa shape index (κ3) is 4.25. The molecule has 2 heterocycles. The molecule has 0 spiro atoms. The first-order valence-electron chi connectivity index (χ1n) is 7.62. The largest absolute Gasteiger partial charge is 0.465 e. The van der Waals surface area contributed by atoms with Crippen molar-refractivity contribution in [3.05, 3.63) is 45.0 Å². The molecule has 0 aliphatic rings. The Kier molecular flexibility index (Phi) is 6.02. The maximum absolute atomic E-state index is 12.6. The van der Waals surface area contributed by atoms with Crippen molar-refractivity contribution in [2.24, 2.45) is 4.40 Å².